The van der Waals surface area contributed by atoms with Crippen LogP contribution in [0, 0.1) is 12.8 Å². The van der Waals surface area contributed by atoms with Crippen LogP contribution in [0.3, 0.4) is 0 Å². The number of rotatable bonds is 3. The Hall–Kier alpha value is -2.09. The van der Waals surface area contributed by atoms with Gasteiger partial charge in [0.2, 0.25) is 0 Å². The van der Waals surface area contributed by atoms with Crippen LogP contribution in [0.15, 0.2) is 36.5 Å². The zero-order chi connectivity index (χ0) is 16.6. The van der Waals surface area contributed by atoms with Crippen molar-refractivity contribution in [2.75, 3.05) is 7.05 Å². The lowest BCUT2D eigenvalue weighted by Gasteiger charge is -2.39. The smallest absolute Gasteiger partial charge is 0.0827 e. The summed E-state index contributed by atoms with van der Waals surface area (Å²) in [5, 5.41) is 2.38. The third-order valence-corrected chi connectivity index (χ3v) is 4.90. The zero-order valence-corrected chi connectivity index (χ0v) is 14.8. The van der Waals surface area contributed by atoms with E-state index in [0.29, 0.717) is 5.92 Å². The van der Waals surface area contributed by atoms with Gasteiger partial charge in [0, 0.05) is 24.7 Å². The molecule has 2 nitrogen and oxygen atoms in total. The van der Waals surface area contributed by atoms with Crippen molar-refractivity contribution in [1.82, 2.24) is 9.88 Å². The van der Waals surface area contributed by atoms with Crippen LogP contribution < -0.4 is 10.6 Å². The standard InChI is InChI=1S/C21H26N2/c1-15(2)12-17-10-11-22-20-13-21(4,23(5)14-18(17)20)19-9-7-6-8-16(19)3/h6-11,13-15H,12H2,1-5H3. The Bertz CT molecular complexity index is 835. The van der Waals surface area contributed by atoms with Crippen molar-refractivity contribution in [2.24, 2.45) is 5.92 Å². The molecule has 0 saturated heterocycles. The predicted molar refractivity (Wildman–Crippen MR) is 97.3 cm³/mol. The third kappa shape index (κ3) is 2.78. The van der Waals surface area contributed by atoms with Crippen LogP contribution >= 0.6 is 0 Å². The molecule has 0 spiro atoms. The van der Waals surface area contributed by atoms with Gasteiger partial charge in [-0.1, -0.05) is 38.1 Å². The Morgan fingerprint density at radius 1 is 1.17 bits per heavy atom. The summed E-state index contributed by atoms with van der Waals surface area (Å²) in [4.78, 5) is 6.98. The van der Waals surface area contributed by atoms with Gasteiger partial charge >= 0.3 is 0 Å². The highest BCUT2D eigenvalue weighted by atomic mass is 15.2. The lowest BCUT2D eigenvalue weighted by atomic mass is 9.85. The molecule has 2 heterocycles. The number of aromatic nitrogens is 1. The Morgan fingerprint density at radius 3 is 2.61 bits per heavy atom. The molecule has 0 radical (unpaired) electrons. The second kappa shape index (κ2) is 5.84. The Balaban J connectivity index is 2.20. The number of aryl methyl sites for hydroxylation is 1. The summed E-state index contributed by atoms with van der Waals surface area (Å²) in [6.45, 7) is 8.98. The highest BCUT2D eigenvalue weighted by Gasteiger charge is 2.31. The topological polar surface area (TPSA) is 16.1 Å². The highest BCUT2D eigenvalue weighted by Crippen LogP contribution is 2.32. The van der Waals surface area contributed by atoms with E-state index in [2.05, 4.69) is 87.2 Å². The number of hydrogen-bond donors (Lipinski definition) is 0. The average molecular weight is 306 g/mol. The van der Waals surface area contributed by atoms with E-state index in [4.69, 9.17) is 0 Å². The fraction of sp³-hybridized carbons (Fsp3) is 0.381. The molecule has 0 N–H and O–H groups in total. The van der Waals surface area contributed by atoms with Crippen LogP contribution in [0.2, 0.25) is 0 Å². The Morgan fingerprint density at radius 2 is 1.91 bits per heavy atom. The molecule has 1 aromatic heterocycles. The molecule has 1 aliphatic heterocycles. The zero-order valence-electron chi connectivity index (χ0n) is 14.8. The van der Waals surface area contributed by atoms with Crippen LogP contribution in [-0.2, 0) is 12.0 Å². The molecule has 0 amide bonds. The van der Waals surface area contributed by atoms with E-state index in [1.165, 1.54) is 21.9 Å². The van der Waals surface area contributed by atoms with Gasteiger partial charge in [0.25, 0.3) is 0 Å². The molecular formula is C21H26N2. The lowest BCUT2D eigenvalue weighted by molar-refractivity contribution is 0.308. The van der Waals surface area contributed by atoms with Crippen LogP contribution in [0.1, 0.15) is 37.5 Å². The van der Waals surface area contributed by atoms with Crippen LogP contribution in [0.5, 0.6) is 0 Å². The van der Waals surface area contributed by atoms with Crippen LogP contribution in [-0.4, -0.2) is 16.9 Å². The Labute approximate surface area is 139 Å². The molecule has 0 bridgehead atoms. The van der Waals surface area contributed by atoms with E-state index in [-0.39, 0.29) is 5.54 Å². The van der Waals surface area contributed by atoms with Crippen molar-refractivity contribution < 1.29 is 0 Å². The molecule has 2 aromatic rings. The molecule has 1 atom stereocenters. The molecule has 1 unspecified atom stereocenters. The van der Waals surface area contributed by atoms with E-state index in [1.54, 1.807) is 0 Å². The van der Waals surface area contributed by atoms with Crippen molar-refractivity contribution in [1.29, 1.82) is 0 Å². The summed E-state index contributed by atoms with van der Waals surface area (Å²) in [6, 6.07) is 10.8. The predicted octanol–water partition coefficient (Wildman–Crippen LogP) is 2.97. The number of nitrogens with zero attached hydrogens (tertiary/aromatic N) is 2. The minimum absolute atomic E-state index is 0.165. The van der Waals surface area contributed by atoms with Crippen molar-refractivity contribution in [3.05, 3.63) is 63.8 Å². The second-order valence-corrected chi connectivity index (χ2v) is 7.21. The van der Waals surface area contributed by atoms with Crippen LogP contribution in [0.4, 0.5) is 0 Å². The molecule has 0 aliphatic carbocycles. The molecule has 120 valence electrons. The van der Waals surface area contributed by atoms with Gasteiger partial charge in [-0.05, 0) is 55.0 Å². The first-order chi connectivity index (χ1) is 10.9. The van der Waals surface area contributed by atoms with E-state index in [1.807, 2.05) is 6.20 Å². The normalized spacial score (nSPS) is 20.0. The molecule has 3 rings (SSSR count). The first-order valence-corrected chi connectivity index (χ1v) is 8.39. The molecule has 1 aromatic carbocycles. The minimum atomic E-state index is -0.165. The minimum Gasteiger partial charge on any atom is -0.367 e. The lowest BCUT2D eigenvalue weighted by Crippen LogP contribution is -2.48. The maximum Gasteiger partial charge on any atom is 0.0827 e. The summed E-state index contributed by atoms with van der Waals surface area (Å²) in [5.41, 5.74) is 3.87. The first-order valence-electron chi connectivity index (χ1n) is 8.39. The maximum atomic E-state index is 4.66. The van der Waals surface area contributed by atoms with Gasteiger partial charge in [0.15, 0.2) is 0 Å². The summed E-state index contributed by atoms with van der Waals surface area (Å²) in [5.74, 6) is 0.643. The van der Waals surface area contributed by atoms with Gasteiger partial charge in [0.05, 0.1) is 10.9 Å². The SMILES string of the molecule is Cc1ccccc1C1(C)C=c2nccc(CC(C)C)c2=CN1C. The van der Waals surface area contributed by atoms with E-state index in [9.17, 15) is 0 Å². The largest absolute Gasteiger partial charge is 0.367 e. The summed E-state index contributed by atoms with van der Waals surface area (Å²) >= 11 is 0. The van der Waals surface area contributed by atoms with Crippen LogP contribution in [0.25, 0.3) is 12.3 Å². The number of fused-ring (bicyclic) bond motifs is 1. The van der Waals surface area contributed by atoms with Gasteiger partial charge in [-0.25, -0.2) is 0 Å². The Kier molecular flexibility index (Phi) is 4.01. The number of benzene rings is 1. The molecular weight excluding hydrogens is 280 g/mol. The van der Waals surface area contributed by atoms with Gasteiger partial charge in [-0.2, -0.15) is 0 Å². The summed E-state index contributed by atoms with van der Waals surface area (Å²) in [7, 11) is 2.16. The fourth-order valence-electron chi connectivity index (χ4n) is 3.52. The van der Waals surface area contributed by atoms with Crippen molar-refractivity contribution in [2.45, 2.75) is 39.7 Å². The quantitative estimate of drug-likeness (QED) is 0.867. The van der Waals surface area contributed by atoms with E-state index in [0.717, 1.165) is 11.8 Å². The van der Waals surface area contributed by atoms with Crippen molar-refractivity contribution in [3.8, 4) is 0 Å². The third-order valence-electron chi connectivity index (χ3n) is 4.90. The second-order valence-electron chi connectivity index (χ2n) is 7.21. The van der Waals surface area contributed by atoms with E-state index < -0.39 is 0 Å². The van der Waals surface area contributed by atoms with Gasteiger partial charge in [-0.15, -0.1) is 0 Å². The van der Waals surface area contributed by atoms with Gasteiger partial charge in [-0.3, -0.25) is 4.98 Å². The average Bonchev–Trinajstić information content (AvgIpc) is 2.49. The summed E-state index contributed by atoms with van der Waals surface area (Å²) < 4.78 is 0. The van der Waals surface area contributed by atoms with Gasteiger partial charge < -0.3 is 4.90 Å². The molecule has 0 saturated carbocycles. The maximum absolute atomic E-state index is 4.66. The van der Waals surface area contributed by atoms with E-state index >= 15 is 0 Å². The monoisotopic (exact) mass is 306 g/mol. The number of hydrogen-bond acceptors (Lipinski definition) is 2. The highest BCUT2D eigenvalue weighted by molar-refractivity contribution is 5.53. The first kappa shape index (κ1) is 15.8. The molecule has 2 heteroatoms. The fourth-order valence-corrected chi connectivity index (χ4v) is 3.52. The van der Waals surface area contributed by atoms with Gasteiger partial charge in [0.1, 0.15) is 0 Å². The number of pyridine rings is 1. The summed E-state index contributed by atoms with van der Waals surface area (Å²) in [6.07, 6.45) is 7.62. The molecule has 23 heavy (non-hydrogen) atoms. The molecule has 1 aliphatic rings. The molecule has 0 fully saturated rings. The van der Waals surface area contributed by atoms with Crippen molar-refractivity contribution in [3.63, 3.8) is 0 Å². The van der Waals surface area contributed by atoms with Crippen molar-refractivity contribution >= 4 is 12.3 Å².